The summed E-state index contributed by atoms with van der Waals surface area (Å²) in [6, 6.07) is 0. The Labute approximate surface area is 207 Å². The van der Waals surface area contributed by atoms with Crippen molar-refractivity contribution in [2.24, 2.45) is 45.3 Å². The second-order valence-corrected chi connectivity index (χ2v) is 14.0. The van der Waals surface area contributed by atoms with Crippen LogP contribution >= 0.6 is 0 Å². The fourth-order valence-corrected chi connectivity index (χ4v) is 9.63. The minimum absolute atomic E-state index is 0.0306. The van der Waals surface area contributed by atoms with Crippen molar-refractivity contribution in [3.05, 3.63) is 11.1 Å². The summed E-state index contributed by atoms with van der Waals surface area (Å²) < 4.78 is 0. The predicted octanol–water partition coefficient (Wildman–Crippen LogP) is 6.59. The van der Waals surface area contributed by atoms with Crippen LogP contribution in [0.2, 0.25) is 0 Å². The molecule has 4 rings (SSSR count). The summed E-state index contributed by atoms with van der Waals surface area (Å²) in [5.41, 5.74) is 4.00. The van der Waals surface area contributed by atoms with Crippen molar-refractivity contribution >= 4 is 5.97 Å². The van der Waals surface area contributed by atoms with Crippen molar-refractivity contribution in [1.82, 2.24) is 0 Å². The van der Waals surface area contributed by atoms with Crippen LogP contribution in [0.1, 0.15) is 113 Å². The van der Waals surface area contributed by atoms with Gasteiger partial charge in [-0.15, -0.1) is 0 Å². The largest absolute Gasteiger partial charge is 0.481 e. The van der Waals surface area contributed by atoms with Crippen LogP contribution in [0, 0.1) is 45.3 Å². The van der Waals surface area contributed by atoms with Gasteiger partial charge in [0.15, 0.2) is 0 Å². The molecular formula is C30H50O4. The van der Waals surface area contributed by atoms with Gasteiger partial charge in [0.2, 0.25) is 0 Å². The molecule has 3 N–H and O–H groups in total. The van der Waals surface area contributed by atoms with Gasteiger partial charge in [0.1, 0.15) is 0 Å². The van der Waals surface area contributed by atoms with Crippen LogP contribution in [0.3, 0.4) is 0 Å². The van der Waals surface area contributed by atoms with Gasteiger partial charge in [-0.2, -0.15) is 0 Å². The second-order valence-electron chi connectivity index (χ2n) is 14.0. The molecular weight excluding hydrogens is 424 g/mol. The number of rotatable bonds is 6. The van der Waals surface area contributed by atoms with E-state index in [-0.39, 0.29) is 33.7 Å². The molecule has 194 valence electrons. The number of hydrogen-bond donors (Lipinski definition) is 3. The molecule has 0 aromatic carbocycles. The molecule has 0 bridgehead atoms. The molecule has 0 saturated heterocycles. The molecule has 4 aliphatic carbocycles. The molecule has 0 amide bonds. The van der Waals surface area contributed by atoms with Crippen LogP contribution in [0.25, 0.3) is 0 Å². The smallest absolute Gasteiger partial charge is 0.306 e. The zero-order valence-electron chi connectivity index (χ0n) is 22.8. The Balaban J connectivity index is 1.60. The number of aliphatic hydroxyl groups is 2. The SMILES string of the molecule is C[C@@H]([C@H]1CC[C@@]2(C)C3=C(CC[C@]12C)[C@@]1(C)CC[C@@H](O)C(C)(C)[C@@H]1CC3)[C@@H](O)CC[C@@H](C)C(=O)O. The number of allylic oxidation sites excluding steroid dienone is 2. The third-order valence-corrected chi connectivity index (χ3v) is 12.4. The van der Waals surface area contributed by atoms with E-state index in [0.717, 1.165) is 32.1 Å². The Morgan fingerprint density at radius 2 is 1.62 bits per heavy atom. The number of carboxylic acids is 1. The van der Waals surface area contributed by atoms with Gasteiger partial charge in [-0.05, 0) is 104 Å². The highest BCUT2D eigenvalue weighted by molar-refractivity contribution is 5.69. The molecule has 0 heterocycles. The fraction of sp³-hybridized carbons (Fsp3) is 0.900. The Bertz CT molecular complexity index is 845. The van der Waals surface area contributed by atoms with Crippen LogP contribution in [0.15, 0.2) is 11.1 Å². The van der Waals surface area contributed by atoms with Gasteiger partial charge in [0.25, 0.3) is 0 Å². The molecule has 4 nitrogen and oxygen atoms in total. The highest BCUT2D eigenvalue weighted by atomic mass is 16.4. The first-order chi connectivity index (χ1) is 15.7. The number of aliphatic carboxylic acids is 1. The standard InChI is InChI=1S/C30H50O4/c1-18(26(33)34)8-10-23(31)19(2)20-12-16-30(7)22-9-11-24-27(3,4)25(32)14-15-28(24,5)21(22)13-17-29(20,30)6/h18-20,23-25,31-32H,8-17H2,1-7H3,(H,33,34)/t18-,19+,20-,23+,24+,25-,28-,29-,30+/m1/s1. The highest BCUT2D eigenvalue weighted by Crippen LogP contribution is 2.72. The van der Waals surface area contributed by atoms with E-state index in [0.29, 0.717) is 24.7 Å². The minimum Gasteiger partial charge on any atom is -0.481 e. The molecule has 0 radical (unpaired) electrons. The minimum atomic E-state index is -0.769. The molecule has 0 spiro atoms. The zero-order chi connectivity index (χ0) is 25.3. The van der Waals surface area contributed by atoms with E-state index in [4.69, 9.17) is 0 Å². The lowest BCUT2D eigenvalue weighted by Gasteiger charge is -2.62. The van der Waals surface area contributed by atoms with Gasteiger partial charge >= 0.3 is 5.97 Å². The molecule has 0 aliphatic heterocycles. The van der Waals surface area contributed by atoms with Crippen LogP contribution in [0.5, 0.6) is 0 Å². The van der Waals surface area contributed by atoms with Crippen molar-refractivity contribution in [2.75, 3.05) is 0 Å². The van der Waals surface area contributed by atoms with Crippen molar-refractivity contribution in [2.45, 2.75) is 125 Å². The fourth-order valence-electron chi connectivity index (χ4n) is 9.63. The van der Waals surface area contributed by atoms with Crippen LogP contribution in [0.4, 0.5) is 0 Å². The summed E-state index contributed by atoms with van der Waals surface area (Å²) >= 11 is 0. The summed E-state index contributed by atoms with van der Waals surface area (Å²) in [5, 5.41) is 31.1. The second kappa shape index (κ2) is 8.61. The average Bonchev–Trinajstić information content (AvgIpc) is 3.05. The molecule has 9 atom stereocenters. The Morgan fingerprint density at radius 1 is 0.941 bits per heavy atom. The Kier molecular flexibility index (Phi) is 6.64. The van der Waals surface area contributed by atoms with E-state index in [2.05, 4.69) is 41.5 Å². The third kappa shape index (κ3) is 3.64. The molecule has 4 aliphatic rings. The summed E-state index contributed by atoms with van der Waals surface area (Å²) in [6.45, 7) is 16.1. The molecule has 4 heteroatoms. The predicted molar refractivity (Wildman–Crippen MR) is 136 cm³/mol. The molecule has 0 unspecified atom stereocenters. The number of carbonyl (C=O) groups is 1. The van der Waals surface area contributed by atoms with E-state index in [1.54, 1.807) is 18.1 Å². The Hall–Kier alpha value is -0.870. The number of fused-ring (bicyclic) bond motifs is 4. The highest BCUT2D eigenvalue weighted by Gasteiger charge is 2.63. The summed E-state index contributed by atoms with van der Waals surface area (Å²) in [4.78, 5) is 11.2. The average molecular weight is 475 g/mol. The molecule has 2 fully saturated rings. The molecule has 2 saturated carbocycles. The van der Waals surface area contributed by atoms with E-state index in [9.17, 15) is 20.1 Å². The van der Waals surface area contributed by atoms with Gasteiger partial charge in [-0.25, -0.2) is 0 Å². The van der Waals surface area contributed by atoms with Crippen molar-refractivity contribution in [1.29, 1.82) is 0 Å². The van der Waals surface area contributed by atoms with E-state index >= 15 is 0 Å². The lowest BCUT2D eigenvalue weighted by Crippen LogP contribution is -2.55. The van der Waals surface area contributed by atoms with Crippen LogP contribution in [-0.2, 0) is 4.79 Å². The number of hydrogen-bond acceptors (Lipinski definition) is 3. The first kappa shape index (κ1) is 26.2. The molecule has 0 aromatic rings. The quantitative estimate of drug-likeness (QED) is 0.379. The first-order valence-corrected chi connectivity index (χ1v) is 14.0. The summed E-state index contributed by atoms with van der Waals surface area (Å²) in [5.74, 6) is 0.0319. The van der Waals surface area contributed by atoms with Crippen molar-refractivity contribution in [3.8, 4) is 0 Å². The molecule has 34 heavy (non-hydrogen) atoms. The van der Waals surface area contributed by atoms with E-state index in [1.807, 2.05) is 0 Å². The summed E-state index contributed by atoms with van der Waals surface area (Å²) in [6.07, 6.45) is 9.54. The van der Waals surface area contributed by atoms with Gasteiger partial charge in [-0.3, -0.25) is 4.79 Å². The molecule has 0 aromatic heterocycles. The normalized spacial score (nSPS) is 44.0. The first-order valence-electron chi connectivity index (χ1n) is 14.0. The number of carboxylic acid groups (broad SMARTS) is 1. The van der Waals surface area contributed by atoms with E-state index < -0.39 is 18.0 Å². The number of aliphatic hydroxyl groups excluding tert-OH is 2. The van der Waals surface area contributed by atoms with E-state index in [1.165, 1.54) is 19.3 Å². The monoisotopic (exact) mass is 474 g/mol. The van der Waals surface area contributed by atoms with Gasteiger partial charge in [0, 0.05) is 0 Å². The maximum Gasteiger partial charge on any atom is 0.306 e. The lowest BCUT2D eigenvalue weighted by atomic mass is 9.43. The maximum absolute atomic E-state index is 11.2. The van der Waals surface area contributed by atoms with Gasteiger partial charge in [-0.1, -0.05) is 59.6 Å². The maximum atomic E-state index is 11.2. The summed E-state index contributed by atoms with van der Waals surface area (Å²) in [7, 11) is 0. The van der Waals surface area contributed by atoms with Crippen molar-refractivity contribution < 1.29 is 20.1 Å². The topological polar surface area (TPSA) is 77.8 Å². The third-order valence-electron chi connectivity index (χ3n) is 12.4. The van der Waals surface area contributed by atoms with Crippen molar-refractivity contribution in [3.63, 3.8) is 0 Å². The van der Waals surface area contributed by atoms with Gasteiger partial charge < -0.3 is 15.3 Å². The van der Waals surface area contributed by atoms with Crippen LogP contribution < -0.4 is 0 Å². The zero-order valence-corrected chi connectivity index (χ0v) is 22.8. The Morgan fingerprint density at radius 3 is 2.26 bits per heavy atom. The van der Waals surface area contributed by atoms with Gasteiger partial charge in [0.05, 0.1) is 18.1 Å². The van der Waals surface area contributed by atoms with Crippen LogP contribution in [-0.4, -0.2) is 33.5 Å². The lowest BCUT2D eigenvalue weighted by molar-refractivity contribution is -0.141.